The smallest absolute Gasteiger partial charge is 0.263 e. The molecule has 0 bridgehead atoms. The van der Waals surface area contributed by atoms with Crippen molar-refractivity contribution in [3.63, 3.8) is 0 Å². The number of methoxy groups -OCH3 is 1. The Hall–Kier alpha value is -2.55. The molecule has 3 rings (SSSR count). The summed E-state index contributed by atoms with van der Waals surface area (Å²) in [4.78, 5) is 12.3. The molecule has 2 heterocycles. The van der Waals surface area contributed by atoms with Gasteiger partial charge >= 0.3 is 0 Å². The van der Waals surface area contributed by atoms with Crippen LogP contribution < -0.4 is 14.8 Å². The summed E-state index contributed by atoms with van der Waals surface area (Å²) in [5.41, 5.74) is 0.704. The first-order valence-corrected chi connectivity index (χ1v) is 10.0. The number of aryl methyl sites for hydroxylation is 1. The molecule has 140 valence electrons. The van der Waals surface area contributed by atoms with E-state index in [1.54, 1.807) is 35.9 Å². The summed E-state index contributed by atoms with van der Waals surface area (Å²) < 4.78 is 35.7. The van der Waals surface area contributed by atoms with E-state index in [4.69, 9.17) is 9.47 Å². The van der Waals surface area contributed by atoms with Crippen LogP contribution in [0, 0.1) is 6.92 Å². The number of ether oxygens (including phenoxy) is 2. The fourth-order valence-electron chi connectivity index (χ4n) is 2.92. The second-order valence-corrected chi connectivity index (χ2v) is 8.39. The molecule has 0 aliphatic carbocycles. The van der Waals surface area contributed by atoms with Crippen molar-refractivity contribution in [2.24, 2.45) is 0 Å². The number of carbonyl (C=O) groups excluding carboxylic acids is 1. The lowest BCUT2D eigenvalue weighted by molar-refractivity contribution is -0.118. The number of sulfone groups is 1. The quantitative estimate of drug-likeness (QED) is 0.818. The molecule has 1 N–H and O–H groups in total. The number of rotatable bonds is 6. The minimum atomic E-state index is -3.05. The minimum Gasteiger partial charge on any atom is -0.493 e. The van der Waals surface area contributed by atoms with Crippen molar-refractivity contribution in [3.05, 3.63) is 36.0 Å². The number of anilines is 1. The average molecular weight is 379 g/mol. The molecule has 1 atom stereocenters. The number of nitrogens with one attached hydrogen (secondary N) is 1. The molecule has 0 spiro atoms. The van der Waals surface area contributed by atoms with Gasteiger partial charge in [-0.3, -0.25) is 4.79 Å². The summed E-state index contributed by atoms with van der Waals surface area (Å²) in [6, 6.07) is 8.50. The first kappa shape index (κ1) is 18.2. The van der Waals surface area contributed by atoms with Crippen molar-refractivity contribution < 1.29 is 22.7 Å². The first-order valence-electron chi connectivity index (χ1n) is 8.20. The van der Waals surface area contributed by atoms with Crippen LogP contribution >= 0.6 is 0 Å². The molecule has 8 nitrogen and oxygen atoms in total. The van der Waals surface area contributed by atoms with Gasteiger partial charge in [0.05, 0.1) is 30.4 Å². The van der Waals surface area contributed by atoms with Gasteiger partial charge in [-0.1, -0.05) is 12.1 Å². The Labute approximate surface area is 152 Å². The monoisotopic (exact) mass is 379 g/mol. The maximum atomic E-state index is 12.3. The molecule has 26 heavy (non-hydrogen) atoms. The second-order valence-electron chi connectivity index (χ2n) is 6.16. The molecular formula is C17H21N3O5S. The molecule has 9 heteroatoms. The Bertz CT molecular complexity index is 907. The number of aromatic nitrogens is 2. The molecule has 0 saturated carbocycles. The van der Waals surface area contributed by atoms with Crippen molar-refractivity contribution in [2.75, 3.05) is 30.5 Å². The zero-order valence-electron chi connectivity index (χ0n) is 14.6. The van der Waals surface area contributed by atoms with Crippen LogP contribution in [-0.2, 0) is 14.6 Å². The molecule has 1 aromatic heterocycles. The van der Waals surface area contributed by atoms with E-state index in [1.165, 1.54) is 7.11 Å². The van der Waals surface area contributed by atoms with Crippen molar-refractivity contribution in [3.8, 4) is 11.5 Å². The number of hydrogen-bond donors (Lipinski definition) is 1. The molecule has 1 saturated heterocycles. The lowest BCUT2D eigenvalue weighted by atomic mass is 10.3. The van der Waals surface area contributed by atoms with Gasteiger partial charge in [-0.15, -0.1) is 0 Å². The summed E-state index contributed by atoms with van der Waals surface area (Å²) in [5, 5.41) is 7.08. The predicted molar refractivity (Wildman–Crippen MR) is 96.4 cm³/mol. The van der Waals surface area contributed by atoms with E-state index in [-0.39, 0.29) is 30.1 Å². The van der Waals surface area contributed by atoms with E-state index in [0.29, 0.717) is 29.4 Å². The number of amides is 1. The number of carbonyl (C=O) groups is 1. The van der Waals surface area contributed by atoms with Gasteiger partial charge in [0, 0.05) is 6.07 Å². The van der Waals surface area contributed by atoms with E-state index in [9.17, 15) is 13.2 Å². The molecule has 0 radical (unpaired) electrons. The summed E-state index contributed by atoms with van der Waals surface area (Å²) >= 11 is 0. The Balaban J connectivity index is 1.66. The largest absolute Gasteiger partial charge is 0.493 e. The van der Waals surface area contributed by atoms with Gasteiger partial charge in [0.2, 0.25) is 0 Å². The molecule has 0 unspecified atom stereocenters. The Morgan fingerprint density at radius 3 is 2.73 bits per heavy atom. The van der Waals surface area contributed by atoms with Crippen LogP contribution in [0.5, 0.6) is 11.5 Å². The van der Waals surface area contributed by atoms with Gasteiger partial charge < -0.3 is 14.8 Å². The van der Waals surface area contributed by atoms with Crippen LogP contribution in [0.3, 0.4) is 0 Å². The first-order chi connectivity index (χ1) is 12.4. The highest BCUT2D eigenvalue weighted by Crippen LogP contribution is 2.28. The zero-order chi connectivity index (χ0) is 18.7. The molecule has 1 aromatic carbocycles. The molecule has 1 aliphatic rings. The summed E-state index contributed by atoms with van der Waals surface area (Å²) in [6.07, 6.45) is 0.490. The number of hydrogen-bond acceptors (Lipinski definition) is 6. The lowest BCUT2D eigenvalue weighted by Gasteiger charge is -2.14. The van der Waals surface area contributed by atoms with Crippen LogP contribution in [-0.4, -0.2) is 49.3 Å². The van der Waals surface area contributed by atoms with Crippen LogP contribution in [0.25, 0.3) is 0 Å². The van der Waals surface area contributed by atoms with E-state index in [1.807, 2.05) is 6.07 Å². The van der Waals surface area contributed by atoms with Gasteiger partial charge in [-0.25, -0.2) is 13.1 Å². The van der Waals surface area contributed by atoms with Crippen LogP contribution in [0.1, 0.15) is 18.2 Å². The summed E-state index contributed by atoms with van der Waals surface area (Å²) in [7, 11) is -1.52. The highest BCUT2D eigenvalue weighted by atomic mass is 32.2. The minimum absolute atomic E-state index is 0.0364. The molecular weight excluding hydrogens is 358 g/mol. The highest BCUT2D eigenvalue weighted by Gasteiger charge is 2.31. The van der Waals surface area contributed by atoms with E-state index >= 15 is 0 Å². The van der Waals surface area contributed by atoms with Crippen molar-refractivity contribution >= 4 is 21.6 Å². The maximum absolute atomic E-state index is 12.3. The second kappa shape index (κ2) is 7.36. The third-order valence-corrected chi connectivity index (χ3v) is 5.86. The molecule has 1 fully saturated rings. The van der Waals surface area contributed by atoms with Crippen molar-refractivity contribution in [1.29, 1.82) is 0 Å². The van der Waals surface area contributed by atoms with Crippen LogP contribution in [0.4, 0.5) is 5.82 Å². The Morgan fingerprint density at radius 2 is 2.08 bits per heavy atom. The summed E-state index contributed by atoms with van der Waals surface area (Å²) in [6.45, 7) is 1.59. The third-order valence-electron chi connectivity index (χ3n) is 4.11. The van der Waals surface area contributed by atoms with Gasteiger partial charge in [0.25, 0.3) is 5.91 Å². The predicted octanol–water partition coefficient (Wildman–Crippen LogP) is 1.58. The normalized spacial score (nSPS) is 18.5. The number of benzene rings is 1. The van der Waals surface area contributed by atoms with Gasteiger partial charge in [0.1, 0.15) is 5.82 Å². The number of para-hydroxylation sites is 2. The standard InChI is InChI=1S/C17H21N3O5S/c1-12-9-16(20(19-12)13-7-8-26(22,23)11-13)18-17(21)10-25-15-6-4-3-5-14(15)24-2/h3-6,9,13H,7-8,10-11H2,1-2H3,(H,18,21)/t13-/m1/s1. The molecule has 2 aromatic rings. The zero-order valence-corrected chi connectivity index (χ0v) is 15.5. The topological polar surface area (TPSA) is 99.5 Å². The Kier molecular flexibility index (Phi) is 5.17. The van der Waals surface area contributed by atoms with Crippen molar-refractivity contribution in [2.45, 2.75) is 19.4 Å². The number of nitrogens with zero attached hydrogens (tertiary/aromatic N) is 2. The van der Waals surface area contributed by atoms with E-state index in [0.717, 1.165) is 0 Å². The molecule has 1 amide bonds. The van der Waals surface area contributed by atoms with E-state index < -0.39 is 9.84 Å². The SMILES string of the molecule is COc1ccccc1OCC(=O)Nc1cc(C)nn1[C@@H]1CCS(=O)(=O)C1. The maximum Gasteiger partial charge on any atom is 0.263 e. The molecule has 1 aliphatic heterocycles. The third kappa shape index (κ3) is 4.16. The van der Waals surface area contributed by atoms with Gasteiger partial charge in [-0.05, 0) is 25.5 Å². The fraction of sp³-hybridized carbons (Fsp3) is 0.412. The fourth-order valence-corrected chi connectivity index (χ4v) is 4.61. The Morgan fingerprint density at radius 1 is 1.35 bits per heavy atom. The van der Waals surface area contributed by atoms with Gasteiger partial charge in [-0.2, -0.15) is 5.10 Å². The highest BCUT2D eigenvalue weighted by molar-refractivity contribution is 7.91. The van der Waals surface area contributed by atoms with Crippen LogP contribution in [0.2, 0.25) is 0 Å². The summed E-state index contributed by atoms with van der Waals surface area (Å²) in [5.74, 6) is 1.29. The lowest BCUT2D eigenvalue weighted by Crippen LogP contribution is -2.24. The van der Waals surface area contributed by atoms with Crippen LogP contribution in [0.15, 0.2) is 30.3 Å². The van der Waals surface area contributed by atoms with Crippen molar-refractivity contribution in [1.82, 2.24) is 9.78 Å². The van der Waals surface area contributed by atoms with Gasteiger partial charge in [0.15, 0.2) is 27.9 Å². The average Bonchev–Trinajstić information content (AvgIpc) is 3.14. The van der Waals surface area contributed by atoms with E-state index in [2.05, 4.69) is 10.4 Å².